The number of hydrogen-bond donors (Lipinski definition) is 1. The van der Waals surface area contributed by atoms with Crippen LogP contribution in [0.3, 0.4) is 0 Å². The number of hydrogen-bond acceptors (Lipinski definition) is 7. The number of benzene rings is 1. The Bertz CT molecular complexity index is 1380. The maximum absolute atomic E-state index is 14.7. The number of halogens is 3. The van der Waals surface area contributed by atoms with E-state index in [2.05, 4.69) is 25.3 Å². The lowest BCUT2D eigenvalue weighted by Gasteiger charge is -2.19. The third-order valence-corrected chi connectivity index (χ3v) is 5.19. The fraction of sp³-hybridized carbons (Fsp3) is 0.227. The van der Waals surface area contributed by atoms with E-state index in [1.807, 2.05) is 0 Å². The van der Waals surface area contributed by atoms with Crippen molar-refractivity contribution in [3.63, 3.8) is 0 Å². The maximum atomic E-state index is 14.7. The topological polar surface area (TPSA) is 94.8 Å². The van der Waals surface area contributed by atoms with Crippen molar-refractivity contribution in [3.8, 4) is 11.8 Å². The number of pyridine rings is 1. The average Bonchev–Trinajstić information content (AvgIpc) is 2.81. The summed E-state index contributed by atoms with van der Waals surface area (Å²) in [4.78, 5) is 29.5. The number of methoxy groups -OCH3 is 1. The van der Waals surface area contributed by atoms with Crippen LogP contribution in [0.2, 0.25) is 0 Å². The standard InChI is InChI=1S/C22H19F3N6O2/c1-11-18-15(9-31(21(11)32)16-7-8-26-10-27-16)20(30-22(29-18)33-3)28-12(2)13-5-4-6-14(17(13)23)19(24)25/h4-10,12,19H,1-3H3,(H,28,29,30)/t12-/m1/s1. The lowest BCUT2D eigenvalue weighted by molar-refractivity contribution is 0.146. The normalized spacial score (nSPS) is 12.2. The Morgan fingerprint density at radius 3 is 2.58 bits per heavy atom. The monoisotopic (exact) mass is 456 g/mol. The molecule has 0 radical (unpaired) electrons. The van der Waals surface area contributed by atoms with Crippen molar-refractivity contribution < 1.29 is 17.9 Å². The van der Waals surface area contributed by atoms with E-state index in [0.29, 0.717) is 22.3 Å². The molecule has 0 bridgehead atoms. The van der Waals surface area contributed by atoms with E-state index in [-0.39, 0.29) is 23.0 Å². The summed E-state index contributed by atoms with van der Waals surface area (Å²) in [5.41, 5.74) is -0.349. The number of nitrogens with one attached hydrogen (secondary N) is 1. The highest BCUT2D eigenvalue weighted by Crippen LogP contribution is 2.31. The molecule has 3 heterocycles. The zero-order valence-corrected chi connectivity index (χ0v) is 17.9. The van der Waals surface area contributed by atoms with Gasteiger partial charge in [-0.3, -0.25) is 9.36 Å². The first-order valence-electron chi connectivity index (χ1n) is 9.89. The van der Waals surface area contributed by atoms with Crippen molar-refractivity contribution in [2.45, 2.75) is 26.3 Å². The van der Waals surface area contributed by atoms with E-state index in [1.54, 1.807) is 19.9 Å². The van der Waals surface area contributed by atoms with Crippen LogP contribution in [-0.2, 0) is 0 Å². The Balaban J connectivity index is 1.87. The van der Waals surface area contributed by atoms with Crippen LogP contribution in [0.4, 0.5) is 19.0 Å². The highest BCUT2D eigenvalue weighted by atomic mass is 19.3. The molecule has 0 fully saturated rings. The van der Waals surface area contributed by atoms with Gasteiger partial charge in [-0.1, -0.05) is 18.2 Å². The first-order chi connectivity index (χ1) is 15.8. The van der Waals surface area contributed by atoms with Crippen LogP contribution < -0.4 is 15.6 Å². The lowest BCUT2D eigenvalue weighted by Crippen LogP contribution is -2.22. The van der Waals surface area contributed by atoms with Crippen molar-refractivity contribution in [3.05, 3.63) is 75.8 Å². The zero-order valence-electron chi connectivity index (χ0n) is 17.9. The molecule has 0 aliphatic rings. The van der Waals surface area contributed by atoms with Gasteiger partial charge < -0.3 is 10.1 Å². The third kappa shape index (κ3) is 4.09. The van der Waals surface area contributed by atoms with Crippen LogP contribution in [0.5, 0.6) is 6.01 Å². The molecule has 0 aliphatic heterocycles. The summed E-state index contributed by atoms with van der Waals surface area (Å²) < 4.78 is 47.5. The molecule has 4 aromatic rings. The van der Waals surface area contributed by atoms with Crippen LogP contribution in [0.15, 0.2) is 47.8 Å². The molecular weight excluding hydrogens is 437 g/mol. The zero-order chi connectivity index (χ0) is 23.7. The fourth-order valence-electron chi connectivity index (χ4n) is 3.48. The van der Waals surface area contributed by atoms with Gasteiger partial charge in [-0.25, -0.2) is 23.1 Å². The highest BCUT2D eigenvalue weighted by molar-refractivity contribution is 5.91. The summed E-state index contributed by atoms with van der Waals surface area (Å²) in [7, 11) is 1.37. The second kappa shape index (κ2) is 8.85. The number of aryl methyl sites for hydroxylation is 1. The van der Waals surface area contributed by atoms with Gasteiger partial charge in [-0.2, -0.15) is 9.97 Å². The SMILES string of the molecule is COc1nc(N[C@H](C)c2cccc(C(F)F)c2F)c2cn(-c3ccncn3)c(=O)c(C)c2n1. The molecule has 4 rings (SSSR count). The minimum atomic E-state index is -2.94. The Morgan fingerprint density at radius 1 is 1.15 bits per heavy atom. The van der Waals surface area contributed by atoms with Crippen molar-refractivity contribution in [2.75, 3.05) is 12.4 Å². The first-order valence-corrected chi connectivity index (χ1v) is 9.89. The summed E-state index contributed by atoms with van der Waals surface area (Å²) in [6.45, 7) is 3.22. The van der Waals surface area contributed by atoms with E-state index in [4.69, 9.17) is 4.74 Å². The quantitative estimate of drug-likeness (QED) is 0.466. The van der Waals surface area contributed by atoms with E-state index < -0.39 is 23.8 Å². The van der Waals surface area contributed by atoms with Gasteiger partial charge in [0.25, 0.3) is 12.0 Å². The molecule has 33 heavy (non-hydrogen) atoms. The van der Waals surface area contributed by atoms with Gasteiger partial charge in [-0.05, 0) is 19.9 Å². The van der Waals surface area contributed by atoms with Crippen LogP contribution in [0.1, 0.15) is 36.1 Å². The summed E-state index contributed by atoms with van der Waals surface area (Å²) in [5, 5.41) is 3.48. The Morgan fingerprint density at radius 2 is 1.91 bits per heavy atom. The molecule has 0 aliphatic carbocycles. The number of ether oxygens (including phenoxy) is 1. The number of rotatable bonds is 6. The molecule has 0 unspecified atom stereocenters. The van der Waals surface area contributed by atoms with Crippen LogP contribution >= 0.6 is 0 Å². The van der Waals surface area contributed by atoms with E-state index >= 15 is 0 Å². The third-order valence-electron chi connectivity index (χ3n) is 5.19. The second-order valence-electron chi connectivity index (χ2n) is 7.24. The number of aromatic nitrogens is 5. The van der Waals surface area contributed by atoms with Gasteiger partial charge in [0.15, 0.2) is 0 Å². The van der Waals surface area contributed by atoms with Crippen molar-refractivity contribution in [2.24, 2.45) is 0 Å². The van der Waals surface area contributed by atoms with Crippen molar-refractivity contribution >= 4 is 16.7 Å². The molecule has 0 spiro atoms. The van der Waals surface area contributed by atoms with Gasteiger partial charge in [0.05, 0.1) is 29.6 Å². The lowest BCUT2D eigenvalue weighted by atomic mass is 10.0. The second-order valence-corrected chi connectivity index (χ2v) is 7.24. The highest BCUT2D eigenvalue weighted by Gasteiger charge is 2.22. The average molecular weight is 456 g/mol. The summed E-state index contributed by atoms with van der Waals surface area (Å²) in [6, 6.07) is 4.64. The molecule has 0 saturated carbocycles. The van der Waals surface area contributed by atoms with Gasteiger partial charge in [0.1, 0.15) is 23.8 Å². The van der Waals surface area contributed by atoms with E-state index in [0.717, 1.165) is 6.07 Å². The van der Waals surface area contributed by atoms with E-state index in [1.165, 1.54) is 42.5 Å². The molecule has 1 N–H and O–H groups in total. The summed E-state index contributed by atoms with van der Waals surface area (Å²) in [6.07, 6.45) is 1.38. The Hall–Kier alpha value is -4.02. The van der Waals surface area contributed by atoms with Crippen LogP contribution in [0, 0.1) is 12.7 Å². The molecule has 11 heteroatoms. The molecular formula is C22H19F3N6O2. The molecule has 1 aromatic carbocycles. The minimum Gasteiger partial charge on any atom is -0.467 e. The van der Waals surface area contributed by atoms with Gasteiger partial charge in [-0.15, -0.1) is 0 Å². The molecule has 8 nitrogen and oxygen atoms in total. The van der Waals surface area contributed by atoms with Crippen molar-refractivity contribution in [1.29, 1.82) is 0 Å². The molecule has 0 saturated heterocycles. The van der Waals surface area contributed by atoms with Gasteiger partial charge in [0, 0.05) is 23.5 Å². The van der Waals surface area contributed by atoms with Crippen molar-refractivity contribution in [1.82, 2.24) is 24.5 Å². The largest absolute Gasteiger partial charge is 0.467 e. The number of anilines is 1. The summed E-state index contributed by atoms with van der Waals surface area (Å²) in [5.74, 6) is -0.422. The molecule has 170 valence electrons. The number of nitrogens with zero attached hydrogens (tertiary/aromatic N) is 5. The Kier molecular flexibility index (Phi) is 5.95. The van der Waals surface area contributed by atoms with Gasteiger partial charge >= 0.3 is 6.01 Å². The van der Waals surface area contributed by atoms with Gasteiger partial charge in [0.2, 0.25) is 0 Å². The number of alkyl halides is 2. The molecule has 1 atom stereocenters. The Labute approximate surface area is 186 Å². The number of fused-ring (bicyclic) bond motifs is 1. The predicted molar refractivity (Wildman–Crippen MR) is 115 cm³/mol. The maximum Gasteiger partial charge on any atom is 0.318 e. The predicted octanol–water partition coefficient (Wildman–Crippen LogP) is 4.14. The smallest absolute Gasteiger partial charge is 0.318 e. The fourth-order valence-corrected chi connectivity index (χ4v) is 3.48. The summed E-state index contributed by atoms with van der Waals surface area (Å²) >= 11 is 0. The van der Waals surface area contributed by atoms with Crippen LogP contribution in [0.25, 0.3) is 16.7 Å². The van der Waals surface area contributed by atoms with Crippen LogP contribution in [-0.4, -0.2) is 31.6 Å². The molecule has 3 aromatic heterocycles. The van der Waals surface area contributed by atoms with E-state index in [9.17, 15) is 18.0 Å². The first kappa shape index (κ1) is 22.2. The molecule has 0 amide bonds. The minimum absolute atomic E-state index is 0.0127.